The van der Waals surface area contributed by atoms with Crippen molar-refractivity contribution in [3.63, 3.8) is 0 Å². The monoisotopic (exact) mass is 242 g/mol. The molecule has 0 saturated carbocycles. The molecule has 0 aromatic heterocycles. The van der Waals surface area contributed by atoms with Gasteiger partial charge in [-0.25, -0.2) is 0 Å². The van der Waals surface area contributed by atoms with Crippen molar-refractivity contribution in [1.29, 1.82) is 0 Å². The molecule has 0 bridgehead atoms. The number of rotatable bonds is 9. The Hall–Kier alpha value is -1.06. The fraction of sp³-hybridized carbons (Fsp3) is 0.846. The van der Waals surface area contributed by atoms with Crippen molar-refractivity contribution in [1.82, 2.24) is 10.6 Å². The van der Waals surface area contributed by atoms with Crippen molar-refractivity contribution in [2.45, 2.75) is 65.3 Å². The Balaban J connectivity index is 4.17. The second-order valence-electron chi connectivity index (χ2n) is 4.26. The molecule has 0 heterocycles. The Morgan fingerprint density at radius 1 is 1.06 bits per heavy atom. The van der Waals surface area contributed by atoms with Crippen LogP contribution in [0, 0.1) is 0 Å². The van der Waals surface area contributed by atoms with E-state index in [9.17, 15) is 9.59 Å². The molecule has 2 amide bonds. The van der Waals surface area contributed by atoms with Gasteiger partial charge in [-0.3, -0.25) is 9.59 Å². The Morgan fingerprint density at radius 3 is 2.29 bits per heavy atom. The minimum absolute atomic E-state index is 0.0512. The topological polar surface area (TPSA) is 58.2 Å². The van der Waals surface area contributed by atoms with E-state index in [-0.39, 0.29) is 17.9 Å². The van der Waals surface area contributed by atoms with Gasteiger partial charge in [-0.15, -0.1) is 0 Å². The molecule has 17 heavy (non-hydrogen) atoms. The van der Waals surface area contributed by atoms with Crippen LogP contribution in [-0.2, 0) is 9.59 Å². The lowest BCUT2D eigenvalue weighted by Crippen LogP contribution is -2.46. The van der Waals surface area contributed by atoms with Gasteiger partial charge in [0.1, 0.15) is 6.04 Å². The maximum absolute atomic E-state index is 11.8. The highest BCUT2D eigenvalue weighted by atomic mass is 16.2. The number of amides is 2. The van der Waals surface area contributed by atoms with Crippen LogP contribution in [-0.4, -0.2) is 24.4 Å². The third-order valence-corrected chi connectivity index (χ3v) is 2.62. The van der Waals surface area contributed by atoms with Crippen molar-refractivity contribution in [2.24, 2.45) is 0 Å². The second-order valence-corrected chi connectivity index (χ2v) is 4.26. The van der Waals surface area contributed by atoms with Crippen LogP contribution in [0.25, 0.3) is 0 Å². The molecule has 1 unspecified atom stereocenters. The predicted octanol–water partition coefficient (Wildman–Crippen LogP) is 1.99. The molecule has 0 aliphatic carbocycles. The van der Waals surface area contributed by atoms with Crippen molar-refractivity contribution >= 4 is 11.8 Å². The summed E-state index contributed by atoms with van der Waals surface area (Å²) in [7, 11) is 0. The normalized spacial score (nSPS) is 11.9. The summed E-state index contributed by atoms with van der Waals surface area (Å²) in [5.41, 5.74) is 0. The van der Waals surface area contributed by atoms with Crippen LogP contribution in [0.5, 0.6) is 0 Å². The van der Waals surface area contributed by atoms with E-state index in [1.807, 2.05) is 6.92 Å². The first-order valence-corrected chi connectivity index (χ1v) is 6.72. The fourth-order valence-electron chi connectivity index (χ4n) is 1.54. The van der Waals surface area contributed by atoms with Gasteiger partial charge in [0, 0.05) is 13.0 Å². The molecule has 4 heteroatoms. The number of hydrogen-bond acceptors (Lipinski definition) is 2. The number of nitrogens with one attached hydrogen (secondary N) is 2. The predicted molar refractivity (Wildman–Crippen MR) is 69.7 cm³/mol. The zero-order valence-corrected chi connectivity index (χ0v) is 11.3. The second kappa shape index (κ2) is 10.1. The van der Waals surface area contributed by atoms with Gasteiger partial charge in [0.25, 0.3) is 0 Å². The van der Waals surface area contributed by atoms with Gasteiger partial charge in [0.05, 0.1) is 0 Å². The smallest absolute Gasteiger partial charge is 0.242 e. The van der Waals surface area contributed by atoms with E-state index in [0.29, 0.717) is 13.0 Å². The maximum Gasteiger partial charge on any atom is 0.242 e. The summed E-state index contributed by atoms with van der Waals surface area (Å²) in [4.78, 5) is 23.2. The maximum atomic E-state index is 11.8. The lowest BCUT2D eigenvalue weighted by Gasteiger charge is -2.17. The van der Waals surface area contributed by atoms with Crippen molar-refractivity contribution in [2.75, 3.05) is 6.54 Å². The standard InChI is InChI=1S/C13H26N2O2/c1-4-7-8-9-11(15-12(16)6-3)13(17)14-10-5-2/h11H,4-10H2,1-3H3,(H,14,17)(H,15,16). The first-order chi connectivity index (χ1) is 8.15. The van der Waals surface area contributed by atoms with E-state index in [0.717, 1.165) is 32.1 Å². The minimum Gasteiger partial charge on any atom is -0.354 e. The van der Waals surface area contributed by atoms with Gasteiger partial charge in [-0.2, -0.15) is 0 Å². The number of carbonyl (C=O) groups excluding carboxylic acids is 2. The summed E-state index contributed by atoms with van der Waals surface area (Å²) < 4.78 is 0. The van der Waals surface area contributed by atoms with E-state index >= 15 is 0 Å². The summed E-state index contributed by atoms with van der Waals surface area (Å²) in [6, 6.07) is -0.361. The highest BCUT2D eigenvalue weighted by molar-refractivity contribution is 5.87. The van der Waals surface area contributed by atoms with Gasteiger partial charge >= 0.3 is 0 Å². The summed E-state index contributed by atoms with van der Waals surface area (Å²) in [6.07, 6.45) is 5.25. The van der Waals surface area contributed by atoms with E-state index in [1.165, 1.54) is 0 Å². The van der Waals surface area contributed by atoms with Crippen LogP contribution in [0.2, 0.25) is 0 Å². The minimum atomic E-state index is -0.361. The Morgan fingerprint density at radius 2 is 1.76 bits per heavy atom. The Labute approximate surface area is 105 Å². The molecule has 0 rings (SSSR count). The van der Waals surface area contributed by atoms with Gasteiger partial charge in [-0.1, -0.05) is 40.0 Å². The van der Waals surface area contributed by atoms with Crippen molar-refractivity contribution in [3.8, 4) is 0 Å². The van der Waals surface area contributed by atoms with Crippen LogP contribution in [0.3, 0.4) is 0 Å². The van der Waals surface area contributed by atoms with Crippen LogP contribution in [0.1, 0.15) is 59.3 Å². The molecule has 0 aliphatic heterocycles. The van der Waals surface area contributed by atoms with Gasteiger partial charge in [0.2, 0.25) is 11.8 Å². The van der Waals surface area contributed by atoms with E-state index in [2.05, 4.69) is 17.6 Å². The summed E-state index contributed by atoms with van der Waals surface area (Å²) in [6.45, 7) is 6.60. The molecule has 0 spiro atoms. The van der Waals surface area contributed by atoms with E-state index in [4.69, 9.17) is 0 Å². The molecule has 0 fully saturated rings. The molecule has 0 saturated heterocycles. The van der Waals surface area contributed by atoms with Crippen LogP contribution in [0.4, 0.5) is 0 Å². The average molecular weight is 242 g/mol. The molecule has 2 N–H and O–H groups in total. The summed E-state index contributed by atoms with van der Waals surface area (Å²) >= 11 is 0. The van der Waals surface area contributed by atoms with E-state index in [1.54, 1.807) is 6.92 Å². The van der Waals surface area contributed by atoms with Crippen LogP contribution >= 0.6 is 0 Å². The molecular weight excluding hydrogens is 216 g/mol. The van der Waals surface area contributed by atoms with E-state index < -0.39 is 0 Å². The molecular formula is C13H26N2O2. The number of hydrogen-bond donors (Lipinski definition) is 2. The van der Waals surface area contributed by atoms with Crippen molar-refractivity contribution < 1.29 is 9.59 Å². The molecule has 0 aliphatic rings. The lowest BCUT2D eigenvalue weighted by atomic mass is 10.1. The Bertz CT molecular complexity index is 229. The Kier molecular flexibility index (Phi) is 9.49. The highest BCUT2D eigenvalue weighted by Gasteiger charge is 2.18. The van der Waals surface area contributed by atoms with Crippen LogP contribution < -0.4 is 10.6 Å². The molecule has 0 aromatic carbocycles. The van der Waals surface area contributed by atoms with Gasteiger partial charge in [-0.05, 0) is 12.8 Å². The number of carbonyl (C=O) groups is 2. The zero-order chi connectivity index (χ0) is 13.1. The highest BCUT2D eigenvalue weighted by Crippen LogP contribution is 2.04. The largest absolute Gasteiger partial charge is 0.354 e. The fourth-order valence-corrected chi connectivity index (χ4v) is 1.54. The van der Waals surface area contributed by atoms with Crippen molar-refractivity contribution in [3.05, 3.63) is 0 Å². The first-order valence-electron chi connectivity index (χ1n) is 6.72. The average Bonchev–Trinajstić information content (AvgIpc) is 2.34. The SMILES string of the molecule is CCCCCC(NC(=O)CC)C(=O)NCCC. The van der Waals surface area contributed by atoms with Gasteiger partial charge < -0.3 is 10.6 Å². The molecule has 100 valence electrons. The van der Waals surface area contributed by atoms with Gasteiger partial charge in [0.15, 0.2) is 0 Å². The quantitative estimate of drug-likeness (QED) is 0.607. The molecule has 1 atom stereocenters. The lowest BCUT2D eigenvalue weighted by molar-refractivity contribution is -0.129. The zero-order valence-electron chi connectivity index (χ0n) is 11.3. The third-order valence-electron chi connectivity index (χ3n) is 2.62. The number of unbranched alkanes of at least 4 members (excludes halogenated alkanes) is 2. The molecule has 4 nitrogen and oxygen atoms in total. The molecule has 0 radical (unpaired) electrons. The first kappa shape index (κ1) is 15.9. The van der Waals surface area contributed by atoms with Crippen LogP contribution in [0.15, 0.2) is 0 Å². The summed E-state index contributed by atoms with van der Waals surface area (Å²) in [5, 5.41) is 5.62. The summed E-state index contributed by atoms with van der Waals surface area (Å²) in [5.74, 6) is -0.108. The third kappa shape index (κ3) is 7.77. The molecule has 0 aromatic rings.